The zero-order valence-corrected chi connectivity index (χ0v) is 16.0. The highest BCUT2D eigenvalue weighted by Crippen LogP contribution is 2.17. The molecule has 0 aliphatic carbocycles. The third kappa shape index (κ3) is 6.06. The molecular weight excluding hydrogens is 362 g/mol. The van der Waals surface area contributed by atoms with Crippen molar-refractivity contribution in [2.24, 2.45) is 0 Å². The SMILES string of the molecule is O=C(NCCCSc1ccccc1)NC1CCN(C(=O)c2ccco2)CC1. The summed E-state index contributed by atoms with van der Waals surface area (Å²) in [5, 5.41) is 5.92. The first-order valence-electron chi connectivity index (χ1n) is 9.27. The molecule has 0 spiro atoms. The van der Waals surface area contributed by atoms with Crippen molar-refractivity contribution in [1.82, 2.24) is 15.5 Å². The number of furan rings is 1. The van der Waals surface area contributed by atoms with E-state index in [0.29, 0.717) is 25.4 Å². The van der Waals surface area contributed by atoms with Crippen molar-refractivity contribution >= 4 is 23.7 Å². The van der Waals surface area contributed by atoms with Crippen molar-refractivity contribution in [2.75, 3.05) is 25.4 Å². The summed E-state index contributed by atoms with van der Waals surface area (Å²) >= 11 is 1.79. The number of nitrogens with one attached hydrogen (secondary N) is 2. The molecule has 2 N–H and O–H groups in total. The standard InChI is InChI=1S/C20H25N3O3S/c24-19(18-8-4-14-26-18)23-12-9-16(10-13-23)22-20(25)21-11-5-15-27-17-6-2-1-3-7-17/h1-4,6-8,14,16H,5,9-13,15H2,(H2,21,22,25). The Morgan fingerprint density at radius 3 is 2.59 bits per heavy atom. The molecule has 1 fully saturated rings. The molecule has 3 rings (SSSR count). The number of amides is 3. The van der Waals surface area contributed by atoms with Gasteiger partial charge in [-0.1, -0.05) is 18.2 Å². The van der Waals surface area contributed by atoms with Gasteiger partial charge in [0, 0.05) is 30.6 Å². The minimum absolute atomic E-state index is 0.0844. The fourth-order valence-electron chi connectivity index (χ4n) is 3.00. The molecule has 0 saturated carbocycles. The van der Waals surface area contributed by atoms with Crippen LogP contribution in [0.25, 0.3) is 0 Å². The molecule has 7 heteroatoms. The van der Waals surface area contributed by atoms with E-state index in [-0.39, 0.29) is 18.0 Å². The first-order valence-corrected chi connectivity index (χ1v) is 10.3. The van der Waals surface area contributed by atoms with Crippen molar-refractivity contribution in [3.05, 3.63) is 54.5 Å². The summed E-state index contributed by atoms with van der Waals surface area (Å²) in [6, 6.07) is 13.6. The first kappa shape index (κ1) is 19.4. The fourth-order valence-corrected chi connectivity index (χ4v) is 3.87. The molecule has 1 saturated heterocycles. The van der Waals surface area contributed by atoms with Crippen molar-refractivity contribution in [1.29, 1.82) is 0 Å². The summed E-state index contributed by atoms with van der Waals surface area (Å²) < 4.78 is 5.16. The maximum Gasteiger partial charge on any atom is 0.315 e. The molecule has 1 aliphatic heterocycles. The minimum Gasteiger partial charge on any atom is -0.459 e. The summed E-state index contributed by atoms with van der Waals surface area (Å²) in [7, 11) is 0. The van der Waals surface area contributed by atoms with E-state index in [1.807, 2.05) is 18.2 Å². The van der Waals surface area contributed by atoms with Crippen molar-refractivity contribution < 1.29 is 14.0 Å². The molecule has 0 unspecified atom stereocenters. The highest BCUT2D eigenvalue weighted by molar-refractivity contribution is 7.99. The van der Waals surface area contributed by atoms with Gasteiger partial charge in [0.25, 0.3) is 5.91 Å². The molecule has 3 amide bonds. The van der Waals surface area contributed by atoms with Crippen LogP contribution in [0.3, 0.4) is 0 Å². The summed E-state index contributed by atoms with van der Waals surface area (Å²) in [4.78, 5) is 27.3. The maximum absolute atomic E-state index is 12.2. The van der Waals surface area contributed by atoms with Crippen LogP contribution in [0.5, 0.6) is 0 Å². The normalized spacial score (nSPS) is 14.7. The van der Waals surface area contributed by atoms with Crippen LogP contribution in [0.15, 0.2) is 58.0 Å². The predicted molar refractivity (Wildman–Crippen MR) is 106 cm³/mol. The molecule has 0 bridgehead atoms. The van der Waals surface area contributed by atoms with E-state index in [4.69, 9.17) is 4.42 Å². The summed E-state index contributed by atoms with van der Waals surface area (Å²) in [5.41, 5.74) is 0. The van der Waals surface area contributed by atoms with Gasteiger partial charge in [0.15, 0.2) is 5.76 Å². The van der Waals surface area contributed by atoms with E-state index in [2.05, 4.69) is 22.8 Å². The van der Waals surface area contributed by atoms with Gasteiger partial charge in [0.2, 0.25) is 0 Å². The van der Waals surface area contributed by atoms with Gasteiger partial charge in [-0.3, -0.25) is 4.79 Å². The molecule has 1 aromatic heterocycles. The number of thioether (sulfide) groups is 1. The number of nitrogens with zero attached hydrogens (tertiary/aromatic N) is 1. The number of urea groups is 1. The number of hydrogen-bond donors (Lipinski definition) is 2. The lowest BCUT2D eigenvalue weighted by Crippen LogP contribution is -2.49. The molecule has 1 aromatic carbocycles. The summed E-state index contributed by atoms with van der Waals surface area (Å²) in [5.74, 6) is 1.25. The lowest BCUT2D eigenvalue weighted by molar-refractivity contribution is 0.0676. The number of rotatable bonds is 7. The molecular formula is C20H25N3O3S. The van der Waals surface area contributed by atoms with Gasteiger partial charge in [-0.25, -0.2) is 4.79 Å². The zero-order chi connectivity index (χ0) is 18.9. The molecule has 2 heterocycles. The Morgan fingerprint density at radius 1 is 1.11 bits per heavy atom. The number of likely N-dealkylation sites (tertiary alicyclic amines) is 1. The number of hydrogen-bond acceptors (Lipinski definition) is 4. The van der Waals surface area contributed by atoms with E-state index < -0.39 is 0 Å². The van der Waals surface area contributed by atoms with Gasteiger partial charge in [-0.15, -0.1) is 11.8 Å². The van der Waals surface area contributed by atoms with E-state index in [1.54, 1.807) is 28.8 Å². The van der Waals surface area contributed by atoms with Crippen LogP contribution in [0.1, 0.15) is 29.8 Å². The van der Waals surface area contributed by atoms with Crippen LogP contribution in [-0.2, 0) is 0 Å². The van der Waals surface area contributed by atoms with Crippen LogP contribution in [0, 0.1) is 0 Å². The Balaban J connectivity index is 1.27. The molecule has 0 radical (unpaired) electrons. The Kier molecular flexibility index (Phi) is 7.21. The average Bonchev–Trinajstić information content (AvgIpc) is 3.23. The summed E-state index contributed by atoms with van der Waals surface area (Å²) in [6.07, 6.45) is 3.93. The van der Waals surface area contributed by atoms with Gasteiger partial charge in [-0.05, 0) is 49.3 Å². The Labute approximate surface area is 163 Å². The third-order valence-corrected chi connectivity index (χ3v) is 5.57. The third-order valence-electron chi connectivity index (χ3n) is 4.47. The average molecular weight is 388 g/mol. The van der Waals surface area contributed by atoms with Crippen LogP contribution < -0.4 is 10.6 Å². The first-order chi connectivity index (χ1) is 13.2. The largest absolute Gasteiger partial charge is 0.459 e. The topological polar surface area (TPSA) is 74.6 Å². The van der Waals surface area contributed by atoms with E-state index in [9.17, 15) is 9.59 Å². The molecule has 27 heavy (non-hydrogen) atoms. The smallest absolute Gasteiger partial charge is 0.315 e. The molecule has 144 valence electrons. The van der Waals surface area contributed by atoms with Crippen LogP contribution in [0.2, 0.25) is 0 Å². The highest BCUT2D eigenvalue weighted by atomic mass is 32.2. The number of piperidine rings is 1. The molecule has 0 atom stereocenters. The van der Waals surface area contributed by atoms with Gasteiger partial charge < -0.3 is 20.0 Å². The highest BCUT2D eigenvalue weighted by Gasteiger charge is 2.25. The second-order valence-electron chi connectivity index (χ2n) is 6.46. The van der Waals surface area contributed by atoms with Gasteiger partial charge in [-0.2, -0.15) is 0 Å². The van der Waals surface area contributed by atoms with Gasteiger partial charge >= 0.3 is 6.03 Å². The predicted octanol–water partition coefficient (Wildman–Crippen LogP) is 3.37. The van der Waals surface area contributed by atoms with E-state index in [0.717, 1.165) is 25.0 Å². The Bertz CT molecular complexity index is 713. The quantitative estimate of drug-likeness (QED) is 0.564. The maximum atomic E-state index is 12.2. The molecule has 2 aromatic rings. The number of carbonyl (C=O) groups is 2. The lowest BCUT2D eigenvalue weighted by atomic mass is 10.0. The van der Waals surface area contributed by atoms with Gasteiger partial charge in [0.1, 0.15) is 0 Å². The van der Waals surface area contributed by atoms with Crippen LogP contribution >= 0.6 is 11.8 Å². The Morgan fingerprint density at radius 2 is 1.89 bits per heavy atom. The van der Waals surface area contributed by atoms with Crippen molar-refractivity contribution in [3.63, 3.8) is 0 Å². The summed E-state index contributed by atoms with van der Waals surface area (Å²) in [6.45, 7) is 1.90. The van der Waals surface area contributed by atoms with Gasteiger partial charge in [0.05, 0.1) is 6.26 Å². The molecule has 1 aliphatic rings. The lowest BCUT2D eigenvalue weighted by Gasteiger charge is -2.31. The fraction of sp³-hybridized carbons (Fsp3) is 0.400. The van der Waals surface area contributed by atoms with E-state index in [1.165, 1.54) is 11.2 Å². The zero-order valence-electron chi connectivity index (χ0n) is 15.2. The second-order valence-corrected chi connectivity index (χ2v) is 7.63. The van der Waals surface area contributed by atoms with E-state index >= 15 is 0 Å². The van der Waals surface area contributed by atoms with Crippen LogP contribution in [-0.4, -0.2) is 48.3 Å². The minimum atomic E-state index is -0.129. The number of carbonyl (C=O) groups excluding carboxylic acids is 2. The number of benzene rings is 1. The Hall–Kier alpha value is -2.41. The van der Waals surface area contributed by atoms with Crippen molar-refractivity contribution in [2.45, 2.75) is 30.2 Å². The van der Waals surface area contributed by atoms with Crippen molar-refractivity contribution in [3.8, 4) is 0 Å². The molecule has 6 nitrogen and oxygen atoms in total. The monoisotopic (exact) mass is 387 g/mol. The van der Waals surface area contributed by atoms with Crippen LogP contribution in [0.4, 0.5) is 4.79 Å². The second kappa shape index (κ2) is 10.1.